The van der Waals surface area contributed by atoms with Crippen molar-refractivity contribution in [3.63, 3.8) is 0 Å². The van der Waals surface area contributed by atoms with Gasteiger partial charge in [0.15, 0.2) is 0 Å². The predicted molar refractivity (Wildman–Crippen MR) is 133 cm³/mol. The van der Waals surface area contributed by atoms with E-state index in [4.69, 9.17) is 0 Å². The lowest BCUT2D eigenvalue weighted by molar-refractivity contribution is -0.150. The summed E-state index contributed by atoms with van der Waals surface area (Å²) in [6, 6.07) is 6.99. The van der Waals surface area contributed by atoms with Crippen LogP contribution in [0.25, 0.3) is 0 Å². The van der Waals surface area contributed by atoms with E-state index >= 15 is 0 Å². The second kappa shape index (κ2) is 9.19. The number of thiazole rings is 1. The van der Waals surface area contributed by atoms with Crippen molar-refractivity contribution in [1.29, 1.82) is 0 Å². The Balaban J connectivity index is 1.88. The third kappa shape index (κ3) is 4.38. The molecule has 3 aromatic rings. The largest absolute Gasteiger partial charge is 0.479 e. The number of carboxylic acid groups (broad SMARTS) is 1. The van der Waals surface area contributed by atoms with Gasteiger partial charge in [0, 0.05) is 23.1 Å². The first-order chi connectivity index (χ1) is 16.0. The minimum Gasteiger partial charge on any atom is -0.479 e. The smallest absolute Gasteiger partial charge is 0.329 e. The van der Waals surface area contributed by atoms with E-state index in [0.717, 1.165) is 10.6 Å². The number of amides is 1. The molecule has 1 aliphatic heterocycles. The van der Waals surface area contributed by atoms with Gasteiger partial charge in [-0.25, -0.2) is 9.78 Å². The second-order valence-electron chi connectivity index (χ2n) is 10.3. The molecule has 1 saturated heterocycles. The molecule has 0 saturated carbocycles. The van der Waals surface area contributed by atoms with Crippen LogP contribution in [0.15, 0.2) is 41.4 Å². The molecule has 180 valence electrons. The van der Waals surface area contributed by atoms with Crippen LogP contribution in [0, 0.1) is 5.92 Å². The van der Waals surface area contributed by atoms with Gasteiger partial charge >= 0.3 is 5.97 Å². The van der Waals surface area contributed by atoms with Gasteiger partial charge in [-0.05, 0) is 41.9 Å². The summed E-state index contributed by atoms with van der Waals surface area (Å²) in [6.45, 7) is 10.3. The summed E-state index contributed by atoms with van der Waals surface area (Å²) in [6.07, 6.45) is 2.30. The van der Waals surface area contributed by atoms with E-state index in [1.807, 2.05) is 43.5 Å². The highest BCUT2D eigenvalue weighted by atomic mass is 32.1. The molecule has 1 N–H and O–H groups in total. The van der Waals surface area contributed by atoms with Crippen molar-refractivity contribution in [2.75, 3.05) is 0 Å². The SMILES string of the molecule is CC(C)C[C@@]1(C(=O)O)C[C@@H](c2nncs2)[C@H](c2nccs2)N1C(=O)c1ccc(C(C)(C)C)cc1. The molecule has 9 heteroatoms. The maximum absolute atomic E-state index is 14.1. The van der Waals surface area contributed by atoms with Crippen LogP contribution in [-0.4, -0.2) is 42.6 Å². The summed E-state index contributed by atoms with van der Waals surface area (Å²) in [5.74, 6) is -1.52. The Labute approximate surface area is 207 Å². The van der Waals surface area contributed by atoms with Gasteiger partial charge in [-0.2, -0.15) is 0 Å². The van der Waals surface area contributed by atoms with Crippen LogP contribution in [0.4, 0.5) is 0 Å². The molecule has 0 unspecified atom stereocenters. The van der Waals surface area contributed by atoms with Gasteiger partial charge in [-0.15, -0.1) is 32.9 Å². The molecule has 2 aromatic heterocycles. The first-order valence-corrected chi connectivity index (χ1v) is 13.1. The van der Waals surface area contributed by atoms with E-state index in [2.05, 4.69) is 36.0 Å². The molecule has 0 spiro atoms. The van der Waals surface area contributed by atoms with Crippen molar-refractivity contribution in [2.24, 2.45) is 5.92 Å². The average Bonchev–Trinajstić information content (AvgIpc) is 3.52. The number of hydrogen-bond donors (Lipinski definition) is 1. The number of aliphatic carboxylic acids is 1. The molecular formula is C25H30N4O3S2. The van der Waals surface area contributed by atoms with Crippen molar-refractivity contribution >= 4 is 34.6 Å². The van der Waals surface area contributed by atoms with Gasteiger partial charge in [0.1, 0.15) is 21.1 Å². The fraction of sp³-hybridized carbons (Fsp3) is 0.480. The number of aromatic nitrogens is 3. The Kier molecular flexibility index (Phi) is 6.61. The first kappa shape index (κ1) is 24.5. The van der Waals surface area contributed by atoms with E-state index in [-0.39, 0.29) is 29.6 Å². The molecule has 0 radical (unpaired) electrons. The Morgan fingerprint density at radius 1 is 1.18 bits per heavy atom. The second-order valence-corrected chi connectivity index (χ2v) is 12.1. The quantitative estimate of drug-likeness (QED) is 0.480. The molecule has 3 heterocycles. The predicted octanol–water partition coefficient (Wildman–Crippen LogP) is 5.53. The topological polar surface area (TPSA) is 96.3 Å². The van der Waals surface area contributed by atoms with Gasteiger partial charge in [0.2, 0.25) is 0 Å². The zero-order chi connectivity index (χ0) is 24.7. The molecule has 1 aliphatic rings. The minimum atomic E-state index is -1.37. The van der Waals surface area contributed by atoms with Crippen LogP contribution in [0.1, 0.15) is 85.4 Å². The van der Waals surface area contributed by atoms with Crippen LogP contribution >= 0.6 is 22.7 Å². The Morgan fingerprint density at radius 3 is 2.38 bits per heavy atom. The molecule has 34 heavy (non-hydrogen) atoms. The van der Waals surface area contributed by atoms with Crippen LogP contribution in [0.5, 0.6) is 0 Å². The lowest BCUT2D eigenvalue weighted by atomic mass is 9.83. The van der Waals surface area contributed by atoms with Gasteiger partial charge in [0.05, 0.1) is 6.04 Å². The number of rotatable bonds is 6. The summed E-state index contributed by atoms with van der Waals surface area (Å²) in [5.41, 5.74) is 1.81. The van der Waals surface area contributed by atoms with Gasteiger partial charge in [-0.3, -0.25) is 4.79 Å². The summed E-state index contributed by atoms with van der Waals surface area (Å²) < 4.78 is 0. The Morgan fingerprint density at radius 2 is 1.88 bits per heavy atom. The number of benzene rings is 1. The number of hydrogen-bond acceptors (Lipinski definition) is 7. The highest BCUT2D eigenvalue weighted by molar-refractivity contribution is 7.10. The number of carbonyl (C=O) groups excluding carboxylic acids is 1. The van der Waals surface area contributed by atoms with E-state index in [1.165, 1.54) is 22.7 Å². The number of carbonyl (C=O) groups is 2. The molecule has 3 atom stereocenters. The van der Waals surface area contributed by atoms with E-state index < -0.39 is 17.6 Å². The van der Waals surface area contributed by atoms with Gasteiger partial charge in [-0.1, -0.05) is 46.8 Å². The van der Waals surface area contributed by atoms with E-state index in [9.17, 15) is 14.7 Å². The highest BCUT2D eigenvalue weighted by Crippen LogP contribution is 2.55. The zero-order valence-electron chi connectivity index (χ0n) is 20.1. The standard InChI is InChI=1S/C25H30N4O3S2/c1-15(2)12-25(23(31)32)13-18(20-28-27-14-34-20)19(21-26-10-11-33-21)29(25)22(30)16-6-8-17(9-7-16)24(3,4)5/h6-11,14-15,18-19H,12-13H2,1-5H3,(H,31,32)/t18-,19-,25+/m1/s1. The maximum atomic E-state index is 14.1. The van der Waals surface area contributed by atoms with Crippen molar-refractivity contribution in [1.82, 2.24) is 20.1 Å². The van der Waals surface area contributed by atoms with Gasteiger partial charge in [0.25, 0.3) is 5.91 Å². The summed E-state index contributed by atoms with van der Waals surface area (Å²) in [5, 5.41) is 22.2. The summed E-state index contributed by atoms with van der Waals surface area (Å²) >= 11 is 2.82. The fourth-order valence-electron chi connectivity index (χ4n) is 4.96. The van der Waals surface area contributed by atoms with Crippen LogP contribution < -0.4 is 0 Å². The Bertz CT molecular complexity index is 1140. The number of carboxylic acids is 1. The minimum absolute atomic E-state index is 0.0515. The lowest BCUT2D eigenvalue weighted by Crippen LogP contribution is -2.54. The Hall–Kier alpha value is -2.65. The normalized spacial score (nSPS) is 22.9. The molecular weight excluding hydrogens is 468 g/mol. The first-order valence-electron chi connectivity index (χ1n) is 11.4. The molecule has 1 fully saturated rings. The van der Waals surface area contributed by atoms with E-state index in [1.54, 1.807) is 16.6 Å². The molecule has 1 aromatic carbocycles. The monoisotopic (exact) mass is 498 g/mol. The third-order valence-corrected chi connectivity index (χ3v) is 8.11. The van der Waals surface area contributed by atoms with Crippen LogP contribution in [-0.2, 0) is 10.2 Å². The maximum Gasteiger partial charge on any atom is 0.329 e. The number of nitrogens with zero attached hydrogens (tertiary/aromatic N) is 4. The molecule has 0 bridgehead atoms. The van der Waals surface area contributed by atoms with Crippen molar-refractivity contribution in [2.45, 2.75) is 70.4 Å². The van der Waals surface area contributed by atoms with Crippen molar-refractivity contribution in [3.05, 3.63) is 62.5 Å². The summed E-state index contributed by atoms with van der Waals surface area (Å²) in [4.78, 5) is 33.2. The van der Waals surface area contributed by atoms with Crippen LogP contribution in [0.2, 0.25) is 0 Å². The van der Waals surface area contributed by atoms with Crippen LogP contribution in [0.3, 0.4) is 0 Å². The fourth-order valence-corrected chi connectivity index (χ4v) is 6.43. The third-order valence-electron chi connectivity index (χ3n) is 6.44. The lowest BCUT2D eigenvalue weighted by Gasteiger charge is -2.38. The zero-order valence-corrected chi connectivity index (χ0v) is 21.7. The summed E-state index contributed by atoms with van der Waals surface area (Å²) in [7, 11) is 0. The average molecular weight is 499 g/mol. The highest BCUT2D eigenvalue weighted by Gasteiger charge is 2.60. The van der Waals surface area contributed by atoms with E-state index in [0.29, 0.717) is 17.0 Å². The molecule has 7 nitrogen and oxygen atoms in total. The molecule has 4 rings (SSSR count). The van der Waals surface area contributed by atoms with Crippen molar-refractivity contribution in [3.8, 4) is 0 Å². The number of likely N-dealkylation sites (tertiary alicyclic amines) is 1. The van der Waals surface area contributed by atoms with Gasteiger partial charge < -0.3 is 10.0 Å². The molecule has 1 amide bonds. The molecule has 0 aliphatic carbocycles. The van der Waals surface area contributed by atoms with Crippen molar-refractivity contribution < 1.29 is 14.7 Å².